The van der Waals surface area contributed by atoms with E-state index in [1.165, 1.54) is 24.3 Å². The minimum atomic E-state index is -4.74. The highest BCUT2D eigenvalue weighted by Crippen LogP contribution is 2.29. The number of para-hydroxylation sites is 1. The van der Waals surface area contributed by atoms with Gasteiger partial charge in [0.25, 0.3) is 5.91 Å². The molecule has 0 spiro atoms. The lowest BCUT2D eigenvalue weighted by Crippen LogP contribution is -2.56. The molecule has 184 valence electrons. The molecule has 3 amide bonds. The van der Waals surface area contributed by atoms with Gasteiger partial charge in [0.05, 0.1) is 19.3 Å². The lowest BCUT2D eigenvalue weighted by atomic mass is 10.1. The van der Waals surface area contributed by atoms with Crippen LogP contribution < -0.4 is 10.2 Å². The number of nitrogens with zero attached hydrogens (tertiary/aromatic N) is 4. The van der Waals surface area contributed by atoms with Gasteiger partial charge < -0.3 is 19.5 Å². The number of urea groups is 1. The summed E-state index contributed by atoms with van der Waals surface area (Å²) in [7, 11) is 1.69. The van der Waals surface area contributed by atoms with Crippen LogP contribution in [0.3, 0.4) is 0 Å². The Kier molecular flexibility index (Phi) is 7.01. The molecule has 1 aliphatic rings. The summed E-state index contributed by atoms with van der Waals surface area (Å²) in [5, 5.41) is 6.11. The number of carbonyl (C=O) groups excluding carboxylic acids is 2. The molecule has 0 saturated carbocycles. The van der Waals surface area contributed by atoms with Crippen LogP contribution in [0.15, 0.2) is 59.1 Å². The maximum absolute atomic E-state index is 13.1. The third-order valence-corrected chi connectivity index (χ3v) is 5.48. The molecule has 2 heterocycles. The Morgan fingerprint density at radius 3 is 2.51 bits per heavy atom. The van der Waals surface area contributed by atoms with E-state index in [0.717, 1.165) is 5.69 Å². The van der Waals surface area contributed by atoms with Crippen molar-refractivity contribution in [3.8, 4) is 11.4 Å². The predicted molar refractivity (Wildman–Crippen MR) is 119 cm³/mol. The zero-order valence-electron chi connectivity index (χ0n) is 18.7. The van der Waals surface area contributed by atoms with Gasteiger partial charge in [0.1, 0.15) is 0 Å². The van der Waals surface area contributed by atoms with E-state index in [4.69, 9.17) is 4.74 Å². The number of anilines is 1. The van der Waals surface area contributed by atoms with Crippen LogP contribution >= 0.6 is 0 Å². The van der Waals surface area contributed by atoms with Gasteiger partial charge in [-0.1, -0.05) is 35.5 Å². The normalized spacial score (nSPS) is 16.1. The molecule has 1 N–H and O–H groups in total. The van der Waals surface area contributed by atoms with Crippen molar-refractivity contribution >= 4 is 17.6 Å². The molecule has 1 atom stereocenters. The van der Waals surface area contributed by atoms with Crippen molar-refractivity contribution in [2.45, 2.75) is 12.2 Å². The second-order valence-electron chi connectivity index (χ2n) is 7.81. The van der Waals surface area contributed by atoms with Crippen molar-refractivity contribution in [1.82, 2.24) is 20.4 Å². The van der Waals surface area contributed by atoms with Crippen molar-refractivity contribution in [3.63, 3.8) is 0 Å². The third kappa shape index (κ3) is 5.60. The third-order valence-electron chi connectivity index (χ3n) is 5.48. The minimum Gasteiger partial charge on any atom is -0.377 e. The number of ether oxygens (including phenoxy) is 1. The van der Waals surface area contributed by atoms with Crippen LogP contribution in [-0.2, 0) is 10.9 Å². The van der Waals surface area contributed by atoms with Gasteiger partial charge in [0.2, 0.25) is 5.82 Å². The van der Waals surface area contributed by atoms with Gasteiger partial charge >= 0.3 is 18.1 Å². The number of amides is 3. The first kappa shape index (κ1) is 24.2. The molecule has 0 aliphatic carbocycles. The van der Waals surface area contributed by atoms with Crippen LogP contribution in [0, 0.1) is 0 Å². The summed E-state index contributed by atoms with van der Waals surface area (Å²) in [6.07, 6.45) is -4.74. The van der Waals surface area contributed by atoms with Crippen LogP contribution in [-0.4, -0.2) is 66.4 Å². The largest absolute Gasteiger partial charge is 0.471 e. The predicted octanol–water partition coefficient (Wildman–Crippen LogP) is 3.44. The summed E-state index contributed by atoms with van der Waals surface area (Å²) < 4.78 is 47.7. The van der Waals surface area contributed by atoms with E-state index in [-0.39, 0.29) is 42.2 Å². The maximum Gasteiger partial charge on any atom is 0.471 e. The fourth-order valence-electron chi connectivity index (χ4n) is 3.57. The van der Waals surface area contributed by atoms with E-state index in [9.17, 15) is 22.8 Å². The zero-order chi connectivity index (χ0) is 25.0. The summed E-state index contributed by atoms with van der Waals surface area (Å²) in [6, 6.07) is 14.4. The molecule has 3 aromatic rings. The van der Waals surface area contributed by atoms with E-state index < -0.39 is 18.0 Å². The van der Waals surface area contributed by atoms with Gasteiger partial charge in [0, 0.05) is 37.0 Å². The monoisotopic (exact) mass is 489 g/mol. The standard InChI is InChI=1S/C23H22F3N5O4/c1-30(17-5-3-2-4-6-17)22(33)31-11-12-34-14-18(31)13-27-20(32)16-9-7-15(8-10-16)19-28-21(35-29-19)23(24,25)26/h2-10,18H,11-14H2,1H3,(H,27,32)/t18-/m0/s1. The first-order valence-corrected chi connectivity index (χ1v) is 10.7. The van der Waals surface area contributed by atoms with Crippen LogP contribution in [0.25, 0.3) is 11.4 Å². The number of carbonyl (C=O) groups is 2. The molecule has 9 nitrogen and oxygen atoms in total. The van der Waals surface area contributed by atoms with Crippen molar-refractivity contribution in [2.75, 3.05) is 38.3 Å². The molecule has 4 rings (SSSR count). The van der Waals surface area contributed by atoms with Crippen molar-refractivity contribution in [2.24, 2.45) is 0 Å². The molecule has 0 unspecified atom stereocenters. The Bertz CT molecular complexity index is 1170. The molecule has 1 aliphatic heterocycles. The Morgan fingerprint density at radius 1 is 1.14 bits per heavy atom. The van der Waals surface area contributed by atoms with Crippen LogP contribution in [0.2, 0.25) is 0 Å². The summed E-state index contributed by atoms with van der Waals surface area (Å²) in [5.74, 6) is -2.09. The Labute approximate surface area is 198 Å². The second kappa shape index (κ2) is 10.1. The number of alkyl halides is 3. The maximum atomic E-state index is 13.1. The number of rotatable bonds is 5. The number of hydrogen-bond acceptors (Lipinski definition) is 6. The molecular weight excluding hydrogens is 467 g/mol. The van der Waals surface area contributed by atoms with Gasteiger partial charge in [-0.15, -0.1) is 0 Å². The lowest BCUT2D eigenvalue weighted by Gasteiger charge is -2.38. The Hall–Kier alpha value is -3.93. The molecule has 1 aromatic heterocycles. The summed E-state index contributed by atoms with van der Waals surface area (Å²) >= 11 is 0. The van der Waals surface area contributed by atoms with Crippen LogP contribution in [0.4, 0.5) is 23.7 Å². The fourth-order valence-corrected chi connectivity index (χ4v) is 3.57. The van der Waals surface area contributed by atoms with Crippen molar-refractivity contribution < 1.29 is 32.0 Å². The van der Waals surface area contributed by atoms with Gasteiger partial charge in [-0.25, -0.2) is 4.79 Å². The molecule has 0 bridgehead atoms. The highest BCUT2D eigenvalue weighted by atomic mass is 19.4. The van der Waals surface area contributed by atoms with E-state index in [1.54, 1.807) is 16.8 Å². The molecule has 12 heteroatoms. The average molecular weight is 489 g/mol. The minimum absolute atomic E-state index is 0.161. The van der Waals surface area contributed by atoms with E-state index in [0.29, 0.717) is 13.2 Å². The molecule has 1 saturated heterocycles. The number of aromatic nitrogens is 2. The highest BCUT2D eigenvalue weighted by Gasteiger charge is 2.38. The Morgan fingerprint density at radius 2 is 1.86 bits per heavy atom. The SMILES string of the molecule is CN(C(=O)N1CCOC[C@@H]1CNC(=O)c1ccc(-c2noc(C(F)(F)F)n2)cc1)c1ccccc1. The van der Waals surface area contributed by atoms with E-state index in [1.807, 2.05) is 30.3 Å². The topological polar surface area (TPSA) is 101 Å². The van der Waals surface area contributed by atoms with Gasteiger partial charge in [-0.2, -0.15) is 18.2 Å². The molecule has 2 aromatic carbocycles. The average Bonchev–Trinajstić information content (AvgIpc) is 3.38. The molecular formula is C23H22F3N5O4. The molecule has 1 fully saturated rings. The van der Waals surface area contributed by atoms with Gasteiger partial charge in [-0.05, 0) is 24.3 Å². The van der Waals surface area contributed by atoms with Gasteiger partial charge in [0.15, 0.2) is 0 Å². The number of morpholine rings is 1. The molecule has 0 radical (unpaired) electrons. The lowest BCUT2D eigenvalue weighted by molar-refractivity contribution is -0.159. The number of hydrogen-bond donors (Lipinski definition) is 1. The molecule has 35 heavy (non-hydrogen) atoms. The van der Waals surface area contributed by atoms with Gasteiger partial charge in [-0.3, -0.25) is 9.69 Å². The number of halogens is 3. The zero-order valence-corrected chi connectivity index (χ0v) is 18.7. The number of benzene rings is 2. The summed E-state index contributed by atoms with van der Waals surface area (Å²) in [6.45, 7) is 1.21. The van der Waals surface area contributed by atoms with Crippen LogP contribution in [0.5, 0.6) is 0 Å². The van der Waals surface area contributed by atoms with Crippen molar-refractivity contribution in [3.05, 3.63) is 66.1 Å². The quantitative estimate of drug-likeness (QED) is 0.589. The first-order valence-electron chi connectivity index (χ1n) is 10.7. The number of nitrogens with one attached hydrogen (secondary N) is 1. The van der Waals surface area contributed by atoms with E-state index >= 15 is 0 Å². The second-order valence-corrected chi connectivity index (χ2v) is 7.81. The summed E-state index contributed by atoms with van der Waals surface area (Å²) in [4.78, 5) is 32.2. The Balaban J connectivity index is 1.38. The first-order chi connectivity index (χ1) is 16.7. The van der Waals surface area contributed by atoms with Crippen LogP contribution in [0.1, 0.15) is 16.2 Å². The summed E-state index contributed by atoms with van der Waals surface area (Å²) in [5.41, 5.74) is 1.29. The fraction of sp³-hybridized carbons (Fsp3) is 0.304. The highest BCUT2D eigenvalue weighted by molar-refractivity contribution is 5.95. The van der Waals surface area contributed by atoms with E-state index in [2.05, 4.69) is 20.0 Å². The smallest absolute Gasteiger partial charge is 0.377 e. The van der Waals surface area contributed by atoms with Crippen molar-refractivity contribution in [1.29, 1.82) is 0 Å².